The van der Waals surface area contributed by atoms with Gasteiger partial charge in [-0.05, 0) is 32.0 Å². The number of aromatic carboxylic acids is 1. The number of nitrogens with two attached hydrogens (primary N) is 1. The number of anilines is 1. The van der Waals surface area contributed by atoms with Crippen molar-refractivity contribution in [1.82, 2.24) is 4.90 Å². The van der Waals surface area contributed by atoms with Crippen molar-refractivity contribution in [3.05, 3.63) is 28.2 Å². The molecule has 4 N–H and O–H groups in total. The van der Waals surface area contributed by atoms with Gasteiger partial charge in [-0.25, -0.2) is 9.59 Å². The molecule has 0 saturated heterocycles. The normalized spacial score (nSPS) is 10.3. The number of halogens is 1. The SMILES string of the molecule is CC(C)N(CC(N)=O)C(=O)Nc1cc(Br)cc(C(=O)O)c1. The van der Waals surface area contributed by atoms with Gasteiger partial charge >= 0.3 is 12.0 Å². The Hall–Kier alpha value is -2.09. The largest absolute Gasteiger partial charge is 0.478 e. The quantitative estimate of drug-likeness (QED) is 0.746. The van der Waals surface area contributed by atoms with Crippen LogP contribution in [-0.2, 0) is 4.79 Å². The molecule has 0 aromatic heterocycles. The molecular weight excluding hydrogens is 342 g/mol. The summed E-state index contributed by atoms with van der Waals surface area (Å²) >= 11 is 3.18. The van der Waals surface area contributed by atoms with Gasteiger partial charge in [0.15, 0.2) is 0 Å². The maximum absolute atomic E-state index is 12.1. The first-order valence-corrected chi connectivity index (χ1v) is 6.89. The van der Waals surface area contributed by atoms with Gasteiger partial charge in [0.1, 0.15) is 6.54 Å². The van der Waals surface area contributed by atoms with Crippen molar-refractivity contribution in [2.75, 3.05) is 11.9 Å². The van der Waals surface area contributed by atoms with Crippen LogP contribution in [0.25, 0.3) is 0 Å². The second-order valence-corrected chi connectivity index (χ2v) is 5.57. The van der Waals surface area contributed by atoms with Crippen molar-refractivity contribution in [3.63, 3.8) is 0 Å². The Morgan fingerprint density at radius 3 is 2.43 bits per heavy atom. The number of carboxylic acid groups (broad SMARTS) is 1. The Morgan fingerprint density at radius 1 is 1.33 bits per heavy atom. The van der Waals surface area contributed by atoms with Gasteiger partial charge < -0.3 is 21.1 Å². The Labute approximate surface area is 130 Å². The molecule has 7 nitrogen and oxygen atoms in total. The highest BCUT2D eigenvalue weighted by Gasteiger charge is 2.19. The summed E-state index contributed by atoms with van der Waals surface area (Å²) in [7, 11) is 0. The topological polar surface area (TPSA) is 113 Å². The van der Waals surface area contributed by atoms with E-state index in [0.29, 0.717) is 10.2 Å². The Bertz CT molecular complexity index is 575. The summed E-state index contributed by atoms with van der Waals surface area (Å²) in [4.78, 5) is 35.3. The van der Waals surface area contributed by atoms with Gasteiger partial charge in [-0.3, -0.25) is 4.79 Å². The highest BCUT2D eigenvalue weighted by atomic mass is 79.9. The number of hydrogen-bond donors (Lipinski definition) is 3. The van der Waals surface area contributed by atoms with E-state index in [0.717, 1.165) is 0 Å². The van der Waals surface area contributed by atoms with Gasteiger partial charge in [-0.2, -0.15) is 0 Å². The van der Waals surface area contributed by atoms with Crippen LogP contribution in [0.4, 0.5) is 10.5 Å². The van der Waals surface area contributed by atoms with Crippen LogP contribution >= 0.6 is 15.9 Å². The van der Waals surface area contributed by atoms with Crippen LogP contribution < -0.4 is 11.1 Å². The molecule has 3 amide bonds. The van der Waals surface area contributed by atoms with Crippen LogP contribution in [0.3, 0.4) is 0 Å². The molecule has 0 saturated carbocycles. The van der Waals surface area contributed by atoms with E-state index in [2.05, 4.69) is 21.2 Å². The second-order valence-electron chi connectivity index (χ2n) is 4.65. The first-order chi connectivity index (χ1) is 9.70. The fraction of sp³-hybridized carbons (Fsp3) is 0.308. The van der Waals surface area contributed by atoms with Crippen molar-refractivity contribution in [2.24, 2.45) is 5.73 Å². The number of hydrogen-bond acceptors (Lipinski definition) is 3. The maximum atomic E-state index is 12.1. The number of amides is 3. The van der Waals surface area contributed by atoms with Gasteiger partial charge in [0.25, 0.3) is 0 Å². The third kappa shape index (κ3) is 5.07. The molecule has 114 valence electrons. The molecule has 0 aliphatic carbocycles. The first kappa shape index (κ1) is 17.0. The lowest BCUT2D eigenvalue weighted by Gasteiger charge is -2.25. The fourth-order valence-corrected chi connectivity index (χ4v) is 2.13. The van der Waals surface area contributed by atoms with Gasteiger partial charge in [0.05, 0.1) is 5.56 Å². The predicted octanol–water partition coefficient (Wildman–Crippen LogP) is 1.87. The number of nitrogens with one attached hydrogen (secondary N) is 1. The molecule has 0 spiro atoms. The summed E-state index contributed by atoms with van der Waals surface area (Å²) in [6.07, 6.45) is 0. The zero-order valence-corrected chi connectivity index (χ0v) is 13.2. The van der Waals surface area contributed by atoms with E-state index in [-0.39, 0.29) is 18.2 Å². The van der Waals surface area contributed by atoms with E-state index in [4.69, 9.17) is 10.8 Å². The number of benzene rings is 1. The van der Waals surface area contributed by atoms with E-state index >= 15 is 0 Å². The number of carbonyl (C=O) groups excluding carboxylic acids is 2. The van der Waals surface area contributed by atoms with Crippen molar-refractivity contribution in [3.8, 4) is 0 Å². The van der Waals surface area contributed by atoms with Gasteiger partial charge in [-0.1, -0.05) is 15.9 Å². The van der Waals surface area contributed by atoms with E-state index in [1.807, 2.05) is 0 Å². The standard InChI is InChI=1S/C13H16BrN3O4/c1-7(2)17(6-11(15)18)13(21)16-10-4-8(12(19)20)3-9(14)5-10/h3-5,7H,6H2,1-2H3,(H2,15,18)(H,16,21)(H,19,20). The monoisotopic (exact) mass is 357 g/mol. The van der Waals surface area contributed by atoms with E-state index < -0.39 is 17.9 Å². The van der Waals surface area contributed by atoms with Crippen LogP contribution in [0.15, 0.2) is 22.7 Å². The lowest BCUT2D eigenvalue weighted by molar-refractivity contribution is -0.118. The van der Waals surface area contributed by atoms with Crippen LogP contribution in [0.1, 0.15) is 24.2 Å². The zero-order chi connectivity index (χ0) is 16.2. The van der Waals surface area contributed by atoms with Crippen LogP contribution in [0.2, 0.25) is 0 Å². The lowest BCUT2D eigenvalue weighted by atomic mass is 10.2. The van der Waals surface area contributed by atoms with Crippen LogP contribution in [0, 0.1) is 0 Å². The Morgan fingerprint density at radius 2 is 1.95 bits per heavy atom. The van der Waals surface area contributed by atoms with Gasteiger partial charge in [-0.15, -0.1) is 0 Å². The molecule has 0 aliphatic heterocycles. The Balaban J connectivity index is 2.95. The van der Waals surface area contributed by atoms with E-state index in [1.165, 1.54) is 17.0 Å². The molecule has 1 rings (SSSR count). The molecule has 0 radical (unpaired) electrons. The molecule has 0 bridgehead atoms. The number of primary amides is 1. The Kier molecular flexibility index (Phi) is 5.71. The third-order valence-corrected chi connectivity index (χ3v) is 3.06. The molecule has 0 unspecified atom stereocenters. The van der Waals surface area contributed by atoms with Crippen molar-refractivity contribution >= 4 is 39.5 Å². The molecule has 8 heteroatoms. The number of carbonyl (C=O) groups is 3. The molecular formula is C13H16BrN3O4. The molecule has 21 heavy (non-hydrogen) atoms. The number of carboxylic acids is 1. The van der Waals surface area contributed by atoms with Gasteiger partial charge in [0.2, 0.25) is 5.91 Å². The second kappa shape index (κ2) is 7.07. The van der Waals surface area contributed by atoms with Crippen molar-refractivity contribution in [1.29, 1.82) is 0 Å². The number of rotatable bonds is 5. The zero-order valence-electron chi connectivity index (χ0n) is 11.6. The fourth-order valence-electron chi connectivity index (χ4n) is 1.64. The number of urea groups is 1. The summed E-state index contributed by atoms with van der Waals surface area (Å²) in [6, 6.07) is 3.55. The van der Waals surface area contributed by atoms with Crippen LogP contribution in [0.5, 0.6) is 0 Å². The minimum Gasteiger partial charge on any atom is -0.478 e. The molecule has 0 aliphatic rings. The maximum Gasteiger partial charge on any atom is 0.335 e. The summed E-state index contributed by atoms with van der Waals surface area (Å²) in [6.45, 7) is 3.27. The van der Waals surface area contributed by atoms with Crippen molar-refractivity contribution in [2.45, 2.75) is 19.9 Å². The van der Waals surface area contributed by atoms with Crippen molar-refractivity contribution < 1.29 is 19.5 Å². The highest BCUT2D eigenvalue weighted by molar-refractivity contribution is 9.10. The smallest absolute Gasteiger partial charge is 0.335 e. The summed E-state index contributed by atoms with van der Waals surface area (Å²) in [5.74, 6) is -1.73. The number of nitrogens with zero attached hydrogens (tertiary/aromatic N) is 1. The van der Waals surface area contributed by atoms with E-state index in [9.17, 15) is 14.4 Å². The summed E-state index contributed by atoms with van der Waals surface area (Å²) < 4.78 is 0.517. The van der Waals surface area contributed by atoms with Crippen LogP contribution in [-0.4, -0.2) is 40.5 Å². The molecule has 1 aromatic carbocycles. The average Bonchev–Trinajstić information content (AvgIpc) is 2.34. The van der Waals surface area contributed by atoms with E-state index in [1.54, 1.807) is 19.9 Å². The summed E-state index contributed by atoms with van der Waals surface area (Å²) in [5, 5.41) is 11.5. The minimum atomic E-state index is -1.11. The lowest BCUT2D eigenvalue weighted by Crippen LogP contribution is -2.45. The minimum absolute atomic E-state index is 0.0330. The third-order valence-electron chi connectivity index (χ3n) is 2.61. The molecule has 0 atom stereocenters. The molecule has 0 fully saturated rings. The predicted molar refractivity (Wildman–Crippen MR) is 81.2 cm³/mol. The first-order valence-electron chi connectivity index (χ1n) is 6.10. The molecule has 1 aromatic rings. The molecule has 0 heterocycles. The van der Waals surface area contributed by atoms with Gasteiger partial charge in [0, 0.05) is 16.2 Å². The highest BCUT2D eigenvalue weighted by Crippen LogP contribution is 2.20. The average molecular weight is 358 g/mol. The summed E-state index contributed by atoms with van der Waals surface area (Å²) in [5.41, 5.74) is 5.44.